The summed E-state index contributed by atoms with van der Waals surface area (Å²) in [7, 11) is -4.32. The van der Waals surface area contributed by atoms with Gasteiger partial charge in [0.25, 0.3) is 13.9 Å². The topological polar surface area (TPSA) is 102 Å². The second-order valence-corrected chi connectivity index (χ2v) is 19.1. The minimum atomic E-state index is -2.97. The van der Waals surface area contributed by atoms with Gasteiger partial charge in [-0.25, -0.2) is 13.7 Å². The first-order valence-electron chi connectivity index (χ1n) is 14.1. The standard InChI is InChI=1S/C31H43N3O5SSi/c1-21-20-34(29(36)32-28(21)35)26-19-25(27(38-26)22(2)33-40(37)30(3,4)5)39-41(31(6,7)8,23-15-11-9-12-16-23)24-17-13-10-14-18-24/h9-18,20,22,25-27,33H,19H2,1-8H3,(H,32,35,36)/t22-,25-,26+,27+,40?/m0/s1. The predicted molar refractivity (Wildman–Crippen MR) is 168 cm³/mol. The molecule has 5 atom stereocenters. The summed E-state index contributed by atoms with van der Waals surface area (Å²) < 4.78 is 31.4. The number of aromatic amines is 1. The molecule has 0 bridgehead atoms. The van der Waals surface area contributed by atoms with Crippen molar-refractivity contribution >= 4 is 29.7 Å². The lowest BCUT2D eigenvalue weighted by Crippen LogP contribution is -2.68. The molecule has 2 N–H and O–H groups in total. The lowest BCUT2D eigenvalue weighted by molar-refractivity contribution is -0.0299. The number of hydrogen-bond donors (Lipinski definition) is 2. The molecule has 8 nitrogen and oxygen atoms in total. The van der Waals surface area contributed by atoms with Crippen molar-refractivity contribution in [3.63, 3.8) is 0 Å². The number of nitrogens with one attached hydrogen (secondary N) is 2. The van der Waals surface area contributed by atoms with Crippen LogP contribution in [0.2, 0.25) is 5.04 Å². The fourth-order valence-corrected chi connectivity index (χ4v) is 11.0. The molecule has 1 unspecified atom stereocenters. The van der Waals surface area contributed by atoms with E-state index >= 15 is 0 Å². The van der Waals surface area contributed by atoms with Crippen molar-refractivity contribution in [2.24, 2.45) is 0 Å². The second-order valence-electron chi connectivity index (χ2n) is 12.9. The Morgan fingerprint density at radius 3 is 2.02 bits per heavy atom. The molecule has 4 rings (SSSR count). The molecule has 0 spiro atoms. The Balaban J connectivity index is 1.84. The Morgan fingerprint density at radius 1 is 1.00 bits per heavy atom. The van der Waals surface area contributed by atoms with Crippen molar-refractivity contribution < 1.29 is 13.4 Å². The Kier molecular flexibility index (Phi) is 9.11. The average molecular weight is 598 g/mol. The summed E-state index contributed by atoms with van der Waals surface area (Å²) in [5.41, 5.74) is -0.535. The van der Waals surface area contributed by atoms with Crippen LogP contribution in [0.5, 0.6) is 0 Å². The summed E-state index contributed by atoms with van der Waals surface area (Å²) >= 11 is 0. The summed E-state index contributed by atoms with van der Waals surface area (Å²) in [6, 6.07) is 20.4. The maximum atomic E-state index is 13.1. The third kappa shape index (κ3) is 6.41. The molecule has 0 radical (unpaired) electrons. The molecule has 41 heavy (non-hydrogen) atoms. The van der Waals surface area contributed by atoms with E-state index in [2.05, 4.69) is 54.7 Å². The van der Waals surface area contributed by atoms with Gasteiger partial charge in [-0.15, -0.1) is 0 Å². The van der Waals surface area contributed by atoms with Crippen LogP contribution in [0.1, 0.15) is 66.7 Å². The molecular weight excluding hydrogens is 555 g/mol. The van der Waals surface area contributed by atoms with Gasteiger partial charge in [0, 0.05) is 24.2 Å². The fourth-order valence-electron chi connectivity index (χ4n) is 5.52. The Morgan fingerprint density at radius 2 is 1.54 bits per heavy atom. The largest absolute Gasteiger partial charge is 0.402 e. The van der Waals surface area contributed by atoms with E-state index in [9.17, 15) is 13.8 Å². The first kappa shape index (κ1) is 31.3. The number of aryl methyl sites for hydroxylation is 1. The van der Waals surface area contributed by atoms with Crippen molar-refractivity contribution in [3.8, 4) is 0 Å². The first-order chi connectivity index (χ1) is 19.1. The molecule has 0 saturated carbocycles. The molecule has 222 valence electrons. The van der Waals surface area contributed by atoms with Gasteiger partial charge in [0.15, 0.2) is 0 Å². The minimum absolute atomic E-state index is 0.269. The van der Waals surface area contributed by atoms with Gasteiger partial charge in [0.1, 0.15) is 12.3 Å². The molecule has 2 aromatic carbocycles. The van der Waals surface area contributed by atoms with Gasteiger partial charge in [-0.05, 0) is 50.0 Å². The highest BCUT2D eigenvalue weighted by Crippen LogP contribution is 2.41. The Labute approximate surface area is 246 Å². The number of ether oxygens (including phenoxy) is 1. The van der Waals surface area contributed by atoms with Crippen LogP contribution in [0, 0.1) is 6.92 Å². The molecule has 3 aromatic rings. The van der Waals surface area contributed by atoms with E-state index < -0.39 is 53.7 Å². The lowest BCUT2D eigenvalue weighted by atomic mass is 10.1. The van der Waals surface area contributed by atoms with Crippen molar-refractivity contribution in [2.75, 3.05) is 0 Å². The van der Waals surface area contributed by atoms with E-state index in [1.807, 2.05) is 64.1 Å². The summed E-state index contributed by atoms with van der Waals surface area (Å²) in [5.74, 6) is 0. The van der Waals surface area contributed by atoms with Crippen molar-refractivity contribution in [3.05, 3.63) is 93.3 Å². The zero-order valence-electron chi connectivity index (χ0n) is 25.3. The van der Waals surface area contributed by atoms with Gasteiger partial charge >= 0.3 is 5.69 Å². The van der Waals surface area contributed by atoms with E-state index in [1.54, 1.807) is 13.1 Å². The van der Waals surface area contributed by atoms with Gasteiger partial charge in [0.2, 0.25) is 0 Å². The van der Waals surface area contributed by atoms with Crippen molar-refractivity contribution in [2.45, 2.75) is 96.1 Å². The fraction of sp³-hybridized carbons (Fsp3) is 0.484. The first-order valence-corrected chi connectivity index (χ1v) is 17.2. The van der Waals surface area contributed by atoms with E-state index in [4.69, 9.17) is 9.16 Å². The van der Waals surface area contributed by atoms with Crippen LogP contribution < -0.4 is 26.3 Å². The number of nitrogens with zero attached hydrogens (tertiary/aromatic N) is 1. The SMILES string of the molecule is Cc1cn([C@H]2C[C@H](O[Si](c3ccccc3)(c3ccccc3)C(C)(C)C)[C@@H]([C@H](C)NS(=O)C(C)(C)C)O2)c(=O)[nH]c1=O. The number of rotatable bonds is 8. The molecular formula is C31H43N3O5SSi. The molecule has 1 aliphatic rings. The lowest BCUT2D eigenvalue weighted by Gasteiger charge is -2.45. The number of H-pyrrole nitrogens is 1. The summed E-state index contributed by atoms with van der Waals surface area (Å²) in [5, 5.41) is 2.00. The molecule has 2 heterocycles. The third-order valence-electron chi connectivity index (χ3n) is 7.66. The monoisotopic (exact) mass is 597 g/mol. The normalized spacial score (nSPS) is 21.5. The highest BCUT2D eigenvalue weighted by molar-refractivity contribution is 7.84. The summed E-state index contributed by atoms with van der Waals surface area (Å²) in [6.07, 6.45) is 0.296. The molecule has 1 fully saturated rings. The zero-order chi connectivity index (χ0) is 30.2. The molecule has 0 amide bonds. The predicted octanol–water partition coefficient (Wildman–Crippen LogP) is 3.52. The van der Waals surface area contributed by atoms with Crippen LogP contribution >= 0.6 is 0 Å². The van der Waals surface area contributed by atoms with E-state index in [0.29, 0.717) is 12.0 Å². The van der Waals surface area contributed by atoms with Gasteiger partial charge in [-0.3, -0.25) is 14.3 Å². The zero-order valence-corrected chi connectivity index (χ0v) is 27.1. The van der Waals surface area contributed by atoms with Crippen LogP contribution in [0.4, 0.5) is 0 Å². The molecule has 10 heteroatoms. The van der Waals surface area contributed by atoms with Crippen LogP contribution in [0.3, 0.4) is 0 Å². The highest BCUT2D eigenvalue weighted by Gasteiger charge is 2.54. The summed E-state index contributed by atoms with van der Waals surface area (Å²) in [6.45, 7) is 16.0. The van der Waals surface area contributed by atoms with Crippen LogP contribution in [0.15, 0.2) is 76.4 Å². The van der Waals surface area contributed by atoms with Crippen molar-refractivity contribution in [1.82, 2.24) is 14.3 Å². The van der Waals surface area contributed by atoms with Gasteiger partial charge in [-0.1, -0.05) is 81.4 Å². The molecule has 1 aromatic heterocycles. The van der Waals surface area contributed by atoms with E-state index in [-0.39, 0.29) is 11.1 Å². The Hall–Kier alpha value is -2.63. The van der Waals surface area contributed by atoms with Crippen LogP contribution in [0.25, 0.3) is 0 Å². The minimum Gasteiger partial charge on any atom is -0.402 e. The smallest absolute Gasteiger partial charge is 0.330 e. The Bertz CT molecular complexity index is 1440. The second kappa shape index (κ2) is 11.9. The molecule has 1 saturated heterocycles. The number of hydrogen-bond acceptors (Lipinski definition) is 5. The van der Waals surface area contributed by atoms with Crippen LogP contribution in [-0.4, -0.2) is 45.1 Å². The van der Waals surface area contributed by atoms with E-state index in [1.165, 1.54) is 4.57 Å². The maximum Gasteiger partial charge on any atom is 0.330 e. The van der Waals surface area contributed by atoms with Gasteiger partial charge in [0.05, 0.1) is 21.8 Å². The van der Waals surface area contributed by atoms with Crippen molar-refractivity contribution in [1.29, 1.82) is 0 Å². The molecule has 0 aliphatic carbocycles. The maximum absolute atomic E-state index is 13.1. The van der Waals surface area contributed by atoms with Crippen LogP contribution in [-0.2, 0) is 20.1 Å². The van der Waals surface area contributed by atoms with Gasteiger partial charge < -0.3 is 9.16 Å². The third-order valence-corrected chi connectivity index (χ3v) is 14.4. The number of benzene rings is 2. The quantitative estimate of drug-likeness (QED) is 0.387. The van der Waals surface area contributed by atoms with E-state index in [0.717, 1.165) is 10.4 Å². The molecule has 1 aliphatic heterocycles. The highest BCUT2D eigenvalue weighted by atomic mass is 32.2. The summed E-state index contributed by atoms with van der Waals surface area (Å²) in [4.78, 5) is 27.4. The average Bonchev–Trinajstić information content (AvgIpc) is 3.32. The van der Waals surface area contributed by atoms with Gasteiger partial charge in [-0.2, -0.15) is 0 Å². The number of aromatic nitrogens is 2.